The second-order valence-electron chi connectivity index (χ2n) is 6.70. The Morgan fingerprint density at radius 1 is 1.10 bits per heavy atom. The Hall–Kier alpha value is -1.51. The lowest BCUT2D eigenvalue weighted by Crippen LogP contribution is -2.41. The summed E-state index contributed by atoms with van der Waals surface area (Å²) in [6.07, 6.45) is 6.01. The predicted molar refractivity (Wildman–Crippen MR) is 87.0 cm³/mol. The minimum absolute atomic E-state index is 0.580. The smallest absolute Gasteiger partial charge is 0.311 e. The van der Waals surface area contributed by atoms with E-state index in [1.54, 1.807) is 0 Å². The Kier molecular flexibility index (Phi) is 4.92. The van der Waals surface area contributed by atoms with Crippen molar-refractivity contribution in [1.82, 2.24) is 0 Å². The maximum Gasteiger partial charge on any atom is 0.311 e. The van der Waals surface area contributed by atoms with Gasteiger partial charge >= 0.3 is 5.97 Å². The van der Waals surface area contributed by atoms with Crippen molar-refractivity contribution < 1.29 is 9.90 Å². The van der Waals surface area contributed by atoms with E-state index < -0.39 is 11.4 Å². The molecule has 1 aliphatic rings. The molecule has 1 fully saturated rings. The van der Waals surface area contributed by atoms with Crippen LogP contribution in [0.2, 0.25) is 0 Å². The molecule has 1 aliphatic carbocycles. The minimum Gasteiger partial charge on any atom is -0.481 e. The number of benzene rings is 1. The zero-order valence-electron chi connectivity index (χ0n) is 13.5. The van der Waals surface area contributed by atoms with Crippen LogP contribution < -0.4 is 4.90 Å². The molecule has 1 aromatic rings. The van der Waals surface area contributed by atoms with E-state index >= 15 is 0 Å². The van der Waals surface area contributed by atoms with Gasteiger partial charge in [-0.1, -0.05) is 31.7 Å². The molecular formula is C18H27NO2. The van der Waals surface area contributed by atoms with Gasteiger partial charge in [-0.15, -0.1) is 0 Å². The first-order valence-electron chi connectivity index (χ1n) is 7.96. The van der Waals surface area contributed by atoms with Crippen molar-refractivity contribution in [2.45, 2.75) is 52.4 Å². The van der Waals surface area contributed by atoms with Crippen LogP contribution in [0.5, 0.6) is 0 Å². The number of hydrogen-bond acceptors (Lipinski definition) is 2. The Morgan fingerprint density at radius 3 is 2.10 bits per heavy atom. The quantitative estimate of drug-likeness (QED) is 0.846. The molecule has 0 aliphatic heterocycles. The van der Waals surface area contributed by atoms with Gasteiger partial charge in [-0.2, -0.15) is 0 Å². The maximum atomic E-state index is 11.9. The molecule has 116 valence electrons. The number of hydrogen-bond donors (Lipinski definition) is 1. The van der Waals surface area contributed by atoms with E-state index in [0.29, 0.717) is 6.54 Å². The van der Waals surface area contributed by atoms with Crippen molar-refractivity contribution in [2.75, 3.05) is 18.5 Å². The highest BCUT2D eigenvalue weighted by Crippen LogP contribution is 2.37. The van der Waals surface area contributed by atoms with Crippen molar-refractivity contribution in [1.29, 1.82) is 0 Å². The summed E-state index contributed by atoms with van der Waals surface area (Å²) in [5.74, 6) is -0.624. The van der Waals surface area contributed by atoms with Crippen LogP contribution in [0.3, 0.4) is 0 Å². The first-order chi connectivity index (χ1) is 9.93. The lowest BCUT2D eigenvalue weighted by molar-refractivity contribution is -0.149. The summed E-state index contributed by atoms with van der Waals surface area (Å²) in [6, 6.07) is 6.43. The predicted octanol–water partition coefficient (Wildman–Crippen LogP) is 4.16. The largest absolute Gasteiger partial charge is 0.481 e. The van der Waals surface area contributed by atoms with E-state index in [1.807, 2.05) is 7.05 Å². The van der Waals surface area contributed by atoms with Gasteiger partial charge in [0.05, 0.1) is 5.41 Å². The fourth-order valence-electron chi connectivity index (χ4n) is 3.56. The summed E-state index contributed by atoms with van der Waals surface area (Å²) in [4.78, 5) is 14.0. The summed E-state index contributed by atoms with van der Waals surface area (Å²) in [5, 5.41) is 9.79. The van der Waals surface area contributed by atoms with Crippen LogP contribution in [-0.4, -0.2) is 24.7 Å². The SMILES string of the molecule is Cc1cc(C)cc(N(C)CC2(C(=O)O)CCCCCC2)c1. The van der Waals surface area contributed by atoms with E-state index in [1.165, 1.54) is 24.0 Å². The average Bonchev–Trinajstić information content (AvgIpc) is 2.64. The number of anilines is 1. The van der Waals surface area contributed by atoms with Gasteiger partial charge < -0.3 is 10.0 Å². The molecule has 0 atom stereocenters. The fraction of sp³-hybridized carbons (Fsp3) is 0.611. The molecule has 0 aromatic heterocycles. The van der Waals surface area contributed by atoms with Crippen molar-refractivity contribution in [3.63, 3.8) is 0 Å². The maximum absolute atomic E-state index is 11.9. The van der Waals surface area contributed by atoms with Crippen LogP contribution in [0, 0.1) is 19.3 Å². The first-order valence-corrected chi connectivity index (χ1v) is 7.96. The van der Waals surface area contributed by atoms with Crippen LogP contribution in [-0.2, 0) is 4.79 Å². The molecular weight excluding hydrogens is 262 g/mol. The Morgan fingerprint density at radius 2 is 1.62 bits per heavy atom. The van der Waals surface area contributed by atoms with Gasteiger partial charge in [0.15, 0.2) is 0 Å². The second-order valence-corrected chi connectivity index (χ2v) is 6.70. The second kappa shape index (κ2) is 6.50. The zero-order chi connectivity index (χ0) is 15.5. The van der Waals surface area contributed by atoms with Gasteiger partial charge in [-0.25, -0.2) is 0 Å². The third kappa shape index (κ3) is 3.78. The standard InChI is InChI=1S/C18H27NO2/c1-14-10-15(2)12-16(11-14)19(3)13-18(17(20)21)8-6-4-5-7-9-18/h10-12H,4-9,13H2,1-3H3,(H,20,21). The van der Waals surface area contributed by atoms with Crippen molar-refractivity contribution in [2.24, 2.45) is 5.41 Å². The van der Waals surface area contributed by atoms with Crippen molar-refractivity contribution in [3.05, 3.63) is 29.3 Å². The van der Waals surface area contributed by atoms with E-state index in [4.69, 9.17) is 0 Å². The topological polar surface area (TPSA) is 40.5 Å². The highest BCUT2D eigenvalue weighted by Gasteiger charge is 2.39. The molecule has 0 amide bonds. The Bertz CT molecular complexity index is 482. The Balaban J connectivity index is 2.21. The summed E-state index contributed by atoms with van der Waals surface area (Å²) in [7, 11) is 2.02. The molecule has 0 spiro atoms. The van der Waals surface area contributed by atoms with E-state index in [-0.39, 0.29) is 0 Å². The fourth-order valence-corrected chi connectivity index (χ4v) is 3.56. The van der Waals surface area contributed by atoms with Crippen LogP contribution in [0.1, 0.15) is 49.7 Å². The lowest BCUT2D eigenvalue weighted by Gasteiger charge is -2.34. The van der Waals surface area contributed by atoms with Gasteiger partial charge in [0.25, 0.3) is 0 Å². The number of carbonyl (C=O) groups is 1. The van der Waals surface area contributed by atoms with Crippen molar-refractivity contribution in [3.8, 4) is 0 Å². The zero-order valence-corrected chi connectivity index (χ0v) is 13.5. The van der Waals surface area contributed by atoms with Gasteiger partial charge in [0.1, 0.15) is 0 Å². The van der Waals surface area contributed by atoms with E-state index in [2.05, 4.69) is 36.9 Å². The molecule has 1 aromatic carbocycles. The summed E-state index contributed by atoms with van der Waals surface area (Å²) in [6.45, 7) is 4.77. The monoisotopic (exact) mass is 289 g/mol. The van der Waals surface area contributed by atoms with Gasteiger partial charge in [0, 0.05) is 19.3 Å². The normalized spacial score (nSPS) is 18.0. The molecule has 1 N–H and O–H groups in total. The molecule has 3 nitrogen and oxygen atoms in total. The van der Waals surface area contributed by atoms with E-state index in [9.17, 15) is 9.90 Å². The Labute approximate surface area is 128 Å². The van der Waals surface area contributed by atoms with Crippen molar-refractivity contribution >= 4 is 11.7 Å². The average molecular weight is 289 g/mol. The lowest BCUT2D eigenvalue weighted by atomic mass is 9.80. The molecule has 1 saturated carbocycles. The molecule has 0 bridgehead atoms. The van der Waals surface area contributed by atoms with E-state index in [0.717, 1.165) is 31.4 Å². The number of aryl methyl sites for hydroxylation is 2. The number of carboxylic acids is 1. The van der Waals surface area contributed by atoms with Gasteiger partial charge in [0.2, 0.25) is 0 Å². The summed E-state index contributed by atoms with van der Waals surface area (Å²) >= 11 is 0. The highest BCUT2D eigenvalue weighted by atomic mass is 16.4. The number of aliphatic carboxylic acids is 1. The molecule has 3 heteroatoms. The third-order valence-corrected chi connectivity index (χ3v) is 4.70. The highest BCUT2D eigenvalue weighted by molar-refractivity contribution is 5.75. The van der Waals surface area contributed by atoms with Crippen LogP contribution in [0.4, 0.5) is 5.69 Å². The molecule has 0 heterocycles. The molecule has 21 heavy (non-hydrogen) atoms. The third-order valence-electron chi connectivity index (χ3n) is 4.70. The van der Waals surface area contributed by atoms with Crippen LogP contribution >= 0.6 is 0 Å². The minimum atomic E-state index is -0.624. The molecule has 0 saturated heterocycles. The first kappa shape index (κ1) is 15.9. The number of rotatable bonds is 4. The number of carboxylic acid groups (broad SMARTS) is 1. The summed E-state index contributed by atoms with van der Waals surface area (Å²) in [5.41, 5.74) is 2.99. The van der Waals surface area contributed by atoms with Crippen LogP contribution in [0.25, 0.3) is 0 Å². The molecule has 0 radical (unpaired) electrons. The molecule has 0 unspecified atom stereocenters. The molecule has 2 rings (SSSR count). The number of nitrogens with zero attached hydrogens (tertiary/aromatic N) is 1. The van der Waals surface area contributed by atoms with Gasteiger partial charge in [-0.05, 0) is 49.9 Å². The van der Waals surface area contributed by atoms with Crippen LogP contribution in [0.15, 0.2) is 18.2 Å². The van der Waals surface area contributed by atoms with Gasteiger partial charge in [-0.3, -0.25) is 4.79 Å². The summed E-state index contributed by atoms with van der Waals surface area (Å²) < 4.78 is 0.